The first-order valence-electron chi connectivity index (χ1n) is 5.20. The molecule has 1 aromatic rings. The van der Waals surface area contributed by atoms with Crippen molar-refractivity contribution < 1.29 is 0 Å². The Hall–Kier alpha value is -0.450. The Bertz CT molecular complexity index is 273. The van der Waals surface area contributed by atoms with Gasteiger partial charge in [-0.25, -0.2) is 4.98 Å². The van der Waals surface area contributed by atoms with Crippen LogP contribution in [0.15, 0.2) is 10.9 Å². The molecule has 0 aliphatic carbocycles. The Morgan fingerprint density at radius 1 is 1.71 bits per heavy atom. The van der Waals surface area contributed by atoms with Gasteiger partial charge in [0.1, 0.15) is 0 Å². The molecule has 2 heterocycles. The van der Waals surface area contributed by atoms with E-state index < -0.39 is 0 Å². The van der Waals surface area contributed by atoms with Crippen molar-refractivity contribution in [1.82, 2.24) is 9.88 Å². The smallest absolute Gasteiger partial charge is 0.0795 e. The van der Waals surface area contributed by atoms with Crippen LogP contribution in [0.2, 0.25) is 0 Å². The van der Waals surface area contributed by atoms with E-state index in [2.05, 4.69) is 22.2 Å². The molecule has 0 radical (unpaired) electrons. The number of thiazole rings is 1. The Morgan fingerprint density at radius 3 is 3.21 bits per heavy atom. The van der Waals surface area contributed by atoms with E-state index in [1.54, 1.807) is 11.3 Å². The zero-order valence-electron chi connectivity index (χ0n) is 8.52. The van der Waals surface area contributed by atoms with Crippen LogP contribution in [0.3, 0.4) is 0 Å². The average Bonchev–Trinajstić information content (AvgIpc) is 2.70. The number of hydrogen-bond acceptors (Lipinski definition) is 4. The molecular weight excluding hydrogens is 194 g/mol. The number of aromatic nitrogens is 1. The molecule has 0 aromatic carbocycles. The summed E-state index contributed by atoms with van der Waals surface area (Å²) in [6.45, 7) is 4.42. The number of nitrogens with zero attached hydrogens (tertiary/aromatic N) is 2. The first-order valence-corrected chi connectivity index (χ1v) is 6.15. The van der Waals surface area contributed by atoms with Crippen molar-refractivity contribution in [2.75, 3.05) is 13.1 Å². The lowest BCUT2D eigenvalue weighted by Crippen LogP contribution is -2.45. The highest BCUT2D eigenvalue weighted by atomic mass is 32.1. The minimum atomic E-state index is 0.255. The van der Waals surface area contributed by atoms with Crippen LogP contribution < -0.4 is 5.73 Å². The van der Waals surface area contributed by atoms with Crippen molar-refractivity contribution in [3.05, 3.63) is 16.6 Å². The van der Waals surface area contributed by atoms with Gasteiger partial charge >= 0.3 is 0 Å². The molecular formula is C10H17N3S. The fourth-order valence-corrected chi connectivity index (χ4v) is 2.81. The number of piperidine rings is 1. The summed E-state index contributed by atoms with van der Waals surface area (Å²) in [5.74, 6) is 0. The van der Waals surface area contributed by atoms with Crippen LogP contribution >= 0.6 is 11.3 Å². The molecule has 1 fully saturated rings. The van der Waals surface area contributed by atoms with Crippen molar-refractivity contribution in [2.45, 2.75) is 31.8 Å². The number of nitrogens with two attached hydrogens (primary N) is 1. The van der Waals surface area contributed by atoms with E-state index in [4.69, 9.17) is 5.73 Å². The van der Waals surface area contributed by atoms with Gasteiger partial charge in [0, 0.05) is 11.4 Å². The van der Waals surface area contributed by atoms with Crippen molar-refractivity contribution in [3.63, 3.8) is 0 Å². The van der Waals surface area contributed by atoms with Crippen molar-refractivity contribution in [2.24, 2.45) is 5.73 Å². The second-order valence-electron chi connectivity index (χ2n) is 3.79. The molecule has 1 aromatic heterocycles. The van der Waals surface area contributed by atoms with Gasteiger partial charge in [0.2, 0.25) is 0 Å². The summed E-state index contributed by atoms with van der Waals surface area (Å²) in [5, 5.41) is 2.12. The van der Waals surface area contributed by atoms with E-state index >= 15 is 0 Å². The predicted octanol–water partition coefficient (Wildman–Crippen LogP) is 1.63. The first kappa shape index (κ1) is 10.1. The maximum Gasteiger partial charge on any atom is 0.0795 e. The van der Waals surface area contributed by atoms with Gasteiger partial charge in [0.15, 0.2) is 0 Å². The molecule has 2 rings (SSSR count). The van der Waals surface area contributed by atoms with Crippen molar-refractivity contribution in [1.29, 1.82) is 0 Å². The fraction of sp³-hybridized carbons (Fsp3) is 0.700. The van der Waals surface area contributed by atoms with Crippen molar-refractivity contribution in [3.8, 4) is 0 Å². The van der Waals surface area contributed by atoms with Crippen LogP contribution in [-0.2, 0) is 0 Å². The highest BCUT2D eigenvalue weighted by Gasteiger charge is 2.30. The van der Waals surface area contributed by atoms with Crippen LogP contribution in [0.4, 0.5) is 0 Å². The van der Waals surface area contributed by atoms with Gasteiger partial charge in [-0.3, -0.25) is 4.90 Å². The zero-order chi connectivity index (χ0) is 9.97. The normalized spacial score (nSPS) is 29.3. The molecule has 78 valence electrons. The maximum atomic E-state index is 6.16. The van der Waals surface area contributed by atoms with E-state index in [1.165, 1.54) is 6.42 Å². The van der Waals surface area contributed by atoms with Gasteiger partial charge in [-0.2, -0.15) is 0 Å². The topological polar surface area (TPSA) is 42.1 Å². The van der Waals surface area contributed by atoms with Crippen LogP contribution in [0.25, 0.3) is 0 Å². The largest absolute Gasteiger partial charge is 0.326 e. The maximum absolute atomic E-state index is 6.16. The molecule has 1 aliphatic rings. The lowest BCUT2D eigenvalue weighted by Gasteiger charge is -2.38. The molecule has 14 heavy (non-hydrogen) atoms. The van der Waals surface area contributed by atoms with Crippen LogP contribution in [0, 0.1) is 0 Å². The lowest BCUT2D eigenvalue weighted by molar-refractivity contribution is 0.133. The second kappa shape index (κ2) is 4.38. The van der Waals surface area contributed by atoms with E-state index in [9.17, 15) is 0 Å². The molecule has 2 N–H and O–H groups in total. The second-order valence-corrected chi connectivity index (χ2v) is 4.51. The highest BCUT2D eigenvalue weighted by molar-refractivity contribution is 7.07. The molecule has 2 atom stereocenters. The molecule has 1 aliphatic heterocycles. The molecule has 3 nitrogen and oxygen atoms in total. The van der Waals surface area contributed by atoms with Crippen LogP contribution in [-0.4, -0.2) is 29.0 Å². The fourth-order valence-electron chi connectivity index (χ4n) is 2.23. The third kappa shape index (κ3) is 1.82. The van der Waals surface area contributed by atoms with Gasteiger partial charge in [-0.1, -0.05) is 6.92 Å². The minimum Gasteiger partial charge on any atom is -0.326 e. The van der Waals surface area contributed by atoms with Crippen LogP contribution in [0.5, 0.6) is 0 Å². The third-order valence-corrected chi connectivity index (χ3v) is 3.55. The van der Waals surface area contributed by atoms with Crippen LogP contribution in [0.1, 0.15) is 31.5 Å². The summed E-state index contributed by atoms with van der Waals surface area (Å²) in [4.78, 5) is 6.82. The Labute approximate surface area is 88.9 Å². The number of rotatable bonds is 2. The molecule has 2 unspecified atom stereocenters. The zero-order valence-corrected chi connectivity index (χ0v) is 9.33. The van der Waals surface area contributed by atoms with Gasteiger partial charge in [-0.05, 0) is 25.9 Å². The molecule has 0 bridgehead atoms. The standard InChI is InChI=1S/C10H17N3S/c1-2-13-5-3-4-8(11)10(13)9-6-14-7-12-9/h6-8,10H,2-5,11H2,1H3. The summed E-state index contributed by atoms with van der Waals surface area (Å²) < 4.78 is 0. The summed E-state index contributed by atoms with van der Waals surface area (Å²) >= 11 is 1.65. The van der Waals surface area contributed by atoms with Gasteiger partial charge in [0.05, 0.1) is 17.2 Å². The van der Waals surface area contributed by atoms with E-state index in [0.717, 1.165) is 25.2 Å². The summed E-state index contributed by atoms with van der Waals surface area (Å²) in [5.41, 5.74) is 9.21. The van der Waals surface area contributed by atoms with E-state index in [0.29, 0.717) is 6.04 Å². The van der Waals surface area contributed by atoms with E-state index in [1.807, 2.05) is 5.51 Å². The summed E-state index contributed by atoms with van der Waals surface area (Å²) in [7, 11) is 0. The number of likely N-dealkylation sites (N-methyl/N-ethyl adjacent to an activating group) is 1. The quantitative estimate of drug-likeness (QED) is 0.808. The van der Waals surface area contributed by atoms with Gasteiger partial charge in [-0.15, -0.1) is 11.3 Å². The minimum absolute atomic E-state index is 0.255. The summed E-state index contributed by atoms with van der Waals surface area (Å²) in [6, 6.07) is 0.603. The molecule has 4 heteroatoms. The molecule has 0 spiro atoms. The lowest BCUT2D eigenvalue weighted by atomic mass is 9.95. The molecule has 0 amide bonds. The first-order chi connectivity index (χ1) is 6.83. The molecule has 0 saturated carbocycles. The molecule has 1 saturated heterocycles. The predicted molar refractivity (Wildman–Crippen MR) is 59.3 cm³/mol. The number of likely N-dealkylation sites (tertiary alicyclic amines) is 1. The van der Waals surface area contributed by atoms with E-state index in [-0.39, 0.29) is 6.04 Å². The Kier molecular flexibility index (Phi) is 3.15. The third-order valence-electron chi connectivity index (χ3n) is 2.94. The Morgan fingerprint density at radius 2 is 2.57 bits per heavy atom. The summed E-state index contributed by atoms with van der Waals surface area (Å²) in [6.07, 6.45) is 2.34. The highest BCUT2D eigenvalue weighted by Crippen LogP contribution is 2.29. The Balaban J connectivity index is 2.19. The van der Waals surface area contributed by atoms with Crippen molar-refractivity contribution >= 4 is 11.3 Å². The monoisotopic (exact) mass is 211 g/mol. The SMILES string of the molecule is CCN1CCCC(N)C1c1cscn1. The van der Waals surface area contributed by atoms with Gasteiger partial charge < -0.3 is 5.73 Å². The van der Waals surface area contributed by atoms with Gasteiger partial charge in [0.25, 0.3) is 0 Å². The number of hydrogen-bond donors (Lipinski definition) is 1. The average molecular weight is 211 g/mol.